The van der Waals surface area contributed by atoms with Crippen molar-refractivity contribution in [3.8, 4) is 22.4 Å². The predicted molar refractivity (Wildman–Crippen MR) is 208 cm³/mol. The minimum Gasteiger partial charge on any atom is -0.453 e. The second kappa shape index (κ2) is 16.1. The Hall–Kier alpha value is -5.50. The van der Waals surface area contributed by atoms with Gasteiger partial charge in [0.05, 0.1) is 41.3 Å². The molecule has 0 bridgehead atoms. The van der Waals surface area contributed by atoms with Gasteiger partial charge >= 0.3 is 6.09 Å². The zero-order valence-corrected chi connectivity index (χ0v) is 32.5. The van der Waals surface area contributed by atoms with E-state index in [9.17, 15) is 19.2 Å². The van der Waals surface area contributed by atoms with E-state index >= 15 is 4.39 Å². The number of H-pyrrole nitrogens is 1. The molecule has 290 valence electrons. The summed E-state index contributed by atoms with van der Waals surface area (Å²) in [4.78, 5) is 68.4. The molecular formula is C40H46ClFN8O5. The van der Waals surface area contributed by atoms with Gasteiger partial charge < -0.3 is 35.1 Å². The summed E-state index contributed by atoms with van der Waals surface area (Å²) in [5, 5.41) is 5.31. The van der Waals surface area contributed by atoms with Gasteiger partial charge in [0.25, 0.3) is 5.91 Å². The van der Waals surface area contributed by atoms with Crippen LogP contribution in [-0.4, -0.2) is 94.4 Å². The monoisotopic (exact) mass is 772 g/mol. The molecule has 2 aromatic carbocycles. The largest absolute Gasteiger partial charge is 0.453 e. The lowest BCUT2D eigenvalue weighted by molar-refractivity contribution is -0.140. The second-order valence-corrected chi connectivity index (χ2v) is 15.6. The highest BCUT2D eigenvalue weighted by molar-refractivity contribution is 6.33. The summed E-state index contributed by atoms with van der Waals surface area (Å²) in [5.41, 5.74) is 2.43. The van der Waals surface area contributed by atoms with Crippen LogP contribution in [0.25, 0.3) is 22.4 Å². The second-order valence-electron chi connectivity index (χ2n) is 15.2. The number of carbonyl (C=O) groups excluding carboxylic acids is 4. The molecule has 2 fully saturated rings. The summed E-state index contributed by atoms with van der Waals surface area (Å²) in [6.07, 6.45) is 3.21. The van der Waals surface area contributed by atoms with Crippen LogP contribution in [0, 0.1) is 17.2 Å². The molecule has 2 saturated heterocycles. The van der Waals surface area contributed by atoms with Gasteiger partial charge in [-0.05, 0) is 54.7 Å². The zero-order chi connectivity index (χ0) is 39.6. The van der Waals surface area contributed by atoms with E-state index < -0.39 is 23.2 Å². The van der Waals surface area contributed by atoms with Gasteiger partial charge in [-0.3, -0.25) is 14.4 Å². The highest BCUT2D eigenvalue weighted by atomic mass is 35.5. The first-order chi connectivity index (χ1) is 26.1. The summed E-state index contributed by atoms with van der Waals surface area (Å²) in [6.45, 7) is 12.0. The van der Waals surface area contributed by atoms with Crippen molar-refractivity contribution in [1.29, 1.82) is 0 Å². The Kier molecular flexibility index (Phi) is 11.5. The number of benzene rings is 2. The van der Waals surface area contributed by atoms with Crippen molar-refractivity contribution in [3.63, 3.8) is 0 Å². The van der Waals surface area contributed by atoms with E-state index in [0.717, 1.165) is 17.7 Å². The van der Waals surface area contributed by atoms with Crippen molar-refractivity contribution in [2.24, 2.45) is 11.3 Å². The van der Waals surface area contributed by atoms with Gasteiger partial charge in [0, 0.05) is 49.4 Å². The number of aromatic amines is 1. The summed E-state index contributed by atoms with van der Waals surface area (Å²) in [6, 6.07) is 13.2. The number of nitrogens with one attached hydrogen (secondary N) is 3. The molecule has 15 heteroatoms. The molecular weight excluding hydrogens is 727 g/mol. The Morgan fingerprint density at radius 2 is 1.71 bits per heavy atom. The molecule has 0 unspecified atom stereocenters. The SMILES string of the molecule is COC(=O)NCC(=O)N1C[C@@H](C)C[C@H]1c1ncc(-c2ccc(-c3cc(F)c(NC(=O)c4ccc(N5CCN(C(=O)C(C)(C)C)C[C@H]5C)nc4)cc3Cl)cc2)[nH]1. The molecule has 4 aromatic rings. The maximum Gasteiger partial charge on any atom is 0.407 e. The minimum atomic E-state index is -0.670. The average Bonchev–Trinajstić information content (AvgIpc) is 3.81. The third-order valence-electron chi connectivity index (χ3n) is 9.98. The fourth-order valence-electron chi connectivity index (χ4n) is 7.09. The molecule has 0 radical (unpaired) electrons. The normalized spacial score (nSPS) is 18.6. The fraction of sp³-hybridized carbons (Fsp3) is 0.400. The number of imidazole rings is 1. The van der Waals surface area contributed by atoms with Gasteiger partial charge in [-0.1, -0.05) is 63.6 Å². The van der Waals surface area contributed by atoms with Crippen LogP contribution in [0.5, 0.6) is 0 Å². The number of hydrogen-bond acceptors (Lipinski definition) is 8. The molecule has 4 heterocycles. The lowest BCUT2D eigenvalue weighted by atomic mass is 9.94. The van der Waals surface area contributed by atoms with Crippen LogP contribution in [0.4, 0.5) is 20.7 Å². The molecule has 6 rings (SSSR count). The zero-order valence-electron chi connectivity index (χ0n) is 31.8. The first kappa shape index (κ1) is 39.2. The van der Waals surface area contributed by atoms with Crippen molar-refractivity contribution in [2.45, 2.75) is 53.1 Å². The van der Waals surface area contributed by atoms with E-state index in [1.165, 1.54) is 25.4 Å². The van der Waals surface area contributed by atoms with Crippen LogP contribution in [0.2, 0.25) is 5.02 Å². The highest BCUT2D eigenvalue weighted by Gasteiger charge is 2.36. The molecule has 0 aliphatic carbocycles. The summed E-state index contributed by atoms with van der Waals surface area (Å²) in [5.74, 6) is 0.294. The smallest absolute Gasteiger partial charge is 0.407 e. The van der Waals surface area contributed by atoms with Crippen molar-refractivity contribution < 1.29 is 28.3 Å². The number of pyridine rings is 1. The number of rotatable bonds is 8. The predicted octanol–water partition coefficient (Wildman–Crippen LogP) is 6.53. The number of halogens is 2. The number of ether oxygens (including phenoxy) is 1. The third kappa shape index (κ3) is 8.75. The van der Waals surface area contributed by atoms with E-state index in [1.807, 2.05) is 56.9 Å². The van der Waals surface area contributed by atoms with Crippen LogP contribution in [-0.2, 0) is 14.3 Å². The Balaban J connectivity index is 1.08. The molecule has 2 aliphatic rings. The van der Waals surface area contributed by atoms with Gasteiger partial charge in [-0.2, -0.15) is 0 Å². The molecule has 4 amide bonds. The number of anilines is 2. The number of carbonyl (C=O) groups is 4. The standard InChI is InChI=1S/C40H46ClFN8O5/c1-23-15-33(50(21-23)35(51)20-45-39(54)55-6)36-44-19-32(46-36)26-9-7-25(8-10-26)28-16-30(42)31(17-29(28)41)47-37(52)27-11-12-34(43-18-27)49-14-13-48(22-24(49)2)38(53)40(3,4)5/h7-12,16-19,23-24,33H,13-15,20-22H2,1-6H3,(H,44,46)(H,45,54)(H,47,52)/t23-,24+,33-/m0/s1. The number of amides is 4. The molecule has 2 aromatic heterocycles. The van der Waals surface area contributed by atoms with E-state index in [4.69, 9.17) is 11.6 Å². The molecule has 13 nitrogen and oxygen atoms in total. The van der Waals surface area contributed by atoms with Crippen molar-refractivity contribution in [2.75, 3.05) is 50.1 Å². The number of likely N-dealkylation sites (tertiary alicyclic amines) is 1. The van der Waals surface area contributed by atoms with Crippen LogP contribution in [0.1, 0.15) is 63.3 Å². The number of alkyl carbamates (subject to hydrolysis) is 1. The average molecular weight is 773 g/mol. The maximum atomic E-state index is 15.4. The van der Waals surface area contributed by atoms with Gasteiger partial charge in [-0.15, -0.1) is 0 Å². The number of aromatic nitrogens is 3. The Morgan fingerprint density at radius 1 is 0.982 bits per heavy atom. The van der Waals surface area contributed by atoms with E-state index in [2.05, 4.69) is 42.1 Å². The summed E-state index contributed by atoms with van der Waals surface area (Å²) in [7, 11) is 1.24. The van der Waals surface area contributed by atoms with Crippen molar-refractivity contribution in [3.05, 3.63) is 83.2 Å². The van der Waals surface area contributed by atoms with Gasteiger partial charge in [0.2, 0.25) is 11.8 Å². The highest BCUT2D eigenvalue weighted by Crippen LogP contribution is 2.36. The van der Waals surface area contributed by atoms with Crippen molar-refractivity contribution in [1.82, 2.24) is 30.1 Å². The summed E-state index contributed by atoms with van der Waals surface area (Å²) < 4.78 is 20.0. The van der Waals surface area contributed by atoms with Crippen LogP contribution >= 0.6 is 11.6 Å². The third-order valence-corrected chi connectivity index (χ3v) is 10.3. The molecule has 55 heavy (non-hydrogen) atoms. The Bertz CT molecular complexity index is 2070. The minimum absolute atomic E-state index is 0.0389. The van der Waals surface area contributed by atoms with Gasteiger partial charge in [-0.25, -0.2) is 19.2 Å². The maximum absolute atomic E-state index is 15.4. The number of hydrogen-bond donors (Lipinski definition) is 3. The lowest BCUT2D eigenvalue weighted by Crippen LogP contribution is -2.56. The van der Waals surface area contributed by atoms with Crippen molar-refractivity contribution >= 4 is 46.9 Å². The Morgan fingerprint density at radius 3 is 2.36 bits per heavy atom. The molecule has 0 saturated carbocycles. The van der Waals surface area contributed by atoms with E-state index in [1.54, 1.807) is 23.2 Å². The van der Waals surface area contributed by atoms with Gasteiger partial charge in [0.1, 0.15) is 24.0 Å². The number of piperazine rings is 1. The number of nitrogens with zero attached hydrogens (tertiary/aromatic N) is 5. The number of methoxy groups -OCH3 is 1. The quantitative estimate of drug-likeness (QED) is 0.183. The van der Waals surface area contributed by atoms with Crippen LogP contribution in [0.3, 0.4) is 0 Å². The van der Waals surface area contributed by atoms with E-state index in [0.29, 0.717) is 48.9 Å². The lowest BCUT2D eigenvalue weighted by Gasteiger charge is -2.42. The van der Waals surface area contributed by atoms with Crippen LogP contribution < -0.4 is 15.5 Å². The van der Waals surface area contributed by atoms with E-state index in [-0.39, 0.29) is 52.6 Å². The molecule has 0 spiro atoms. The Labute approximate surface area is 324 Å². The van der Waals surface area contributed by atoms with Crippen LogP contribution in [0.15, 0.2) is 60.9 Å². The molecule has 3 atom stereocenters. The fourth-order valence-corrected chi connectivity index (χ4v) is 7.36. The van der Waals surface area contributed by atoms with Gasteiger partial charge in [0.15, 0.2) is 0 Å². The molecule has 2 aliphatic heterocycles. The molecule has 3 N–H and O–H groups in total. The summed E-state index contributed by atoms with van der Waals surface area (Å²) >= 11 is 6.63. The topological polar surface area (TPSA) is 153 Å². The first-order valence-electron chi connectivity index (χ1n) is 18.2. The first-order valence-corrected chi connectivity index (χ1v) is 18.6.